The zero-order valence-electron chi connectivity index (χ0n) is 11.7. The maximum absolute atomic E-state index is 11.6. The van der Waals surface area contributed by atoms with Gasteiger partial charge in [0, 0.05) is 18.9 Å². The van der Waals surface area contributed by atoms with Crippen molar-refractivity contribution in [2.45, 2.75) is 33.3 Å². The van der Waals surface area contributed by atoms with Crippen LogP contribution in [0.1, 0.15) is 27.2 Å². The second-order valence-electron chi connectivity index (χ2n) is 5.09. The highest BCUT2D eigenvalue weighted by atomic mass is 32.2. The van der Waals surface area contributed by atoms with Gasteiger partial charge in [0.05, 0.1) is 12.4 Å². The van der Waals surface area contributed by atoms with Gasteiger partial charge in [-0.2, -0.15) is 8.42 Å². The molecule has 20 heavy (non-hydrogen) atoms. The van der Waals surface area contributed by atoms with Crippen LogP contribution in [0.15, 0.2) is 0 Å². The van der Waals surface area contributed by atoms with Crippen LogP contribution in [0.2, 0.25) is 0 Å². The number of hydrogen-bond donors (Lipinski definition) is 3. The molecule has 0 rings (SSSR count). The average molecular weight is 311 g/mol. The Morgan fingerprint density at radius 1 is 1.35 bits per heavy atom. The van der Waals surface area contributed by atoms with Crippen molar-refractivity contribution in [3.8, 4) is 0 Å². The lowest BCUT2D eigenvalue weighted by atomic mass is 9.88. The van der Waals surface area contributed by atoms with Gasteiger partial charge in [-0.25, -0.2) is 4.79 Å². The summed E-state index contributed by atoms with van der Waals surface area (Å²) < 4.78 is 27.8. The van der Waals surface area contributed by atoms with E-state index in [9.17, 15) is 23.1 Å². The number of carboxylic acid groups (broad SMARTS) is 1. The molecule has 0 aromatic rings. The van der Waals surface area contributed by atoms with Crippen molar-refractivity contribution in [2.75, 3.05) is 18.9 Å². The van der Waals surface area contributed by atoms with Crippen molar-refractivity contribution in [1.29, 1.82) is 0 Å². The van der Waals surface area contributed by atoms with E-state index in [4.69, 9.17) is 9.29 Å². The molecule has 0 bridgehead atoms. The second-order valence-corrected chi connectivity index (χ2v) is 6.85. The molecule has 3 N–H and O–H groups in total. The highest BCUT2D eigenvalue weighted by Gasteiger charge is 2.35. The number of aliphatic carboxylic acids is 1. The van der Waals surface area contributed by atoms with Crippen LogP contribution >= 0.6 is 0 Å². The van der Waals surface area contributed by atoms with Gasteiger partial charge in [0.2, 0.25) is 5.91 Å². The average Bonchev–Trinajstić information content (AvgIpc) is 2.31. The third-order valence-corrected chi connectivity index (χ3v) is 3.80. The molecule has 118 valence electrons. The first-order valence-electron chi connectivity index (χ1n) is 6.00. The predicted molar refractivity (Wildman–Crippen MR) is 70.5 cm³/mol. The molecule has 0 spiro atoms. The van der Waals surface area contributed by atoms with Crippen LogP contribution in [0, 0.1) is 5.41 Å². The number of hydrogen-bond acceptors (Lipinski definition) is 6. The van der Waals surface area contributed by atoms with Crippen molar-refractivity contribution >= 4 is 22.0 Å². The van der Waals surface area contributed by atoms with E-state index in [0.717, 1.165) is 0 Å². The Morgan fingerprint density at radius 3 is 2.35 bits per heavy atom. The highest BCUT2D eigenvalue weighted by Crippen LogP contribution is 2.22. The van der Waals surface area contributed by atoms with Gasteiger partial charge in [0.25, 0.3) is 10.1 Å². The summed E-state index contributed by atoms with van der Waals surface area (Å²) in [5, 5.41) is 20.5. The monoisotopic (exact) mass is 311 g/mol. The molecule has 0 saturated carbocycles. The van der Waals surface area contributed by atoms with Gasteiger partial charge in [-0.3, -0.25) is 8.98 Å². The Morgan fingerprint density at radius 2 is 1.90 bits per heavy atom. The largest absolute Gasteiger partial charge is 0.479 e. The summed E-state index contributed by atoms with van der Waals surface area (Å²) in [6.45, 7) is 3.86. The number of aliphatic hydroxyl groups excluding tert-OH is 1. The van der Waals surface area contributed by atoms with Crippen LogP contribution in [0.5, 0.6) is 0 Å². The minimum absolute atomic E-state index is 0.184. The number of aliphatic hydroxyl groups is 1. The van der Waals surface area contributed by atoms with E-state index in [1.807, 2.05) is 0 Å². The van der Waals surface area contributed by atoms with Gasteiger partial charge in [-0.05, 0) is 6.42 Å². The van der Waals surface area contributed by atoms with E-state index in [1.54, 1.807) is 0 Å². The van der Waals surface area contributed by atoms with Crippen LogP contribution in [-0.2, 0) is 23.9 Å². The zero-order chi connectivity index (χ0) is 16.0. The molecule has 0 aliphatic carbocycles. The van der Waals surface area contributed by atoms with Gasteiger partial charge in [0.15, 0.2) is 6.10 Å². The SMILES string of the molecule is CC(=O)NCCCS(=O)(=O)OCC(C)(C)C(O)C(=O)O. The lowest BCUT2D eigenvalue weighted by Gasteiger charge is -2.26. The van der Waals surface area contributed by atoms with Crippen LogP contribution in [0.3, 0.4) is 0 Å². The van der Waals surface area contributed by atoms with Crippen LogP contribution in [0.4, 0.5) is 0 Å². The molecule has 0 radical (unpaired) electrons. The number of nitrogens with one attached hydrogen (secondary N) is 1. The maximum atomic E-state index is 11.6. The lowest BCUT2D eigenvalue weighted by Crippen LogP contribution is -2.40. The first-order chi connectivity index (χ1) is 8.98. The summed E-state index contributed by atoms with van der Waals surface area (Å²) in [5.74, 6) is -2.00. The van der Waals surface area contributed by atoms with Gasteiger partial charge >= 0.3 is 5.97 Å². The van der Waals surface area contributed by atoms with E-state index in [0.29, 0.717) is 0 Å². The Balaban J connectivity index is 4.28. The molecule has 8 nitrogen and oxygen atoms in total. The summed E-state index contributed by atoms with van der Waals surface area (Å²) in [6.07, 6.45) is -1.54. The number of amides is 1. The van der Waals surface area contributed by atoms with Crippen molar-refractivity contribution < 1.29 is 32.4 Å². The topological polar surface area (TPSA) is 130 Å². The third kappa shape index (κ3) is 7.41. The van der Waals surface area contributed by atoms with Crippen molar-refractivity contribution in [3.05, 3.63) is 0 Å². The van der Waals surface area contributed by atoms with E-state index >= 15 is 0 Å². The second kappa shape index (κ2) is 7.55. The van der Waals surface area contributed by atoms with Crippen molar-refractivity contribution in [3.63, 3.8) is 0 Å². The summed E-state index contributed by atoms with van der Waals surface area (Å²) in [6, 6.07) is 0. The summed E-state index contributed by atoms with van der Waals surface area (Å²) >= 11 is 0. The van der Waals surface area contributed by atoms with Gasteiger partial charge in [0.1, 0.15) is 0 Å². The molecule has 0 heterocycles. The Kier molecular flexibility index (Phi) is 7.11. The maximum Gasteiger partial charge on any atom is 0.333 e. The van der Waals surface area contributed by atoms with Crippen LogP contribution in [0.25, 0.3) is 0 Å². The Hall–Kier alpha value is -1.19. The fourth-order valence-electron chi connectivity index (χ4n) is 1.23. The predicted octanol–water partition coefficient (Wildman–Crippen LogP) is -0.669. The molecule has 1 amide bonds. The van der Waals surface area contributed by atoms with Gasteiger partial charge < -0.3 is 15.5 Å². The first-order valence-corrected chi connectivity index (χ1v) is 7.58. The normalized spacial score (nSPS) is 13.8. The van der Waals surface area contributed by atoms with Crippen LogP contribution < -0.4 is 5.32 Å². The molecule has 1 atom stereocenters. The molecular formula is C11H21NO7S. The zero-order valence-corrected chi connectivity index (χ0v) is 12.6. The number of carboxylic acids is 1. The Labute approximate surface area is 118 Å². The van der Waals surface area contributed by atoms with Gasteiger partial charge in [-0.15, -0.1) is 0 Å². The standard InChI is InChI=1S/C11H21NO7S/c1-8(13)12-5-4-6-20(17,18)19-7-11(2,3)9(14)10(15)16/h9,14H,4-7H2,1-3H3,(H,12,13)(H,15,16). The van der Waals surface area contributed by atoms with E-state index in [1.165, 1.54) is 20.8 Å². The van der Waals surface area contributed by atoms with E-state index < -0.39 is 34.2 Å². The molecule has 0 aliphatic heterocycles. The molecule has 0 aromatic heterocycles. The minimum atomic E-state index is -3.83. The summed E-state index contributed by atoms with van der Waals surface area (Å²) in [5.41, 5.74) is -1.24. The summed E-state index contributed by atoms with van der Waals surface area (Å²) in [4.78, 5) is 21.2. The van der Waals surface area contributed by atoms with E-state index in [2.05, 4.69) is 5.32 Å². The number of rotatable bonds is 9. The van der Waals surface area contributed by atoms with Crippen molar-refractivity contribution in [1.82, 2.24) is 5.32 Å². The molecule has 0 aromatic carbocycles. The molecule has 9 heteroatoms. The molecule has 1 unspecified atom stereocenters. The molecular weight excluding hydrogens is 290 g/mol. The molecule has 0 saturated heterocycles. The quantitative estimate of drug-likeness (QED) is 0.380. The minimum Gasteiger partial charge on any atom is -0.479 e. The molecule has 0 aliphatic rings. The van der Waals surface area contributed by atoms with E-state index in [-0.39, 0.29) is 24.6 Å². The van der Waals surface area contributed by atoms with Gasteiger partial charge in [-0.1, -0.05) is 13.8 Å². The number of carbonyl (C=O) groups excluding carboxylic acids is 1. The fourth-order valence-corrected chi connectivity index (χ4v) is 2.33. The van der Waals surface area contributed by atoms with Crippen molar-refractivity contribution in [2.24, 2.45) is 5.41 Å². The fraction of sp³-hybridized carbons (Fsp3) is 0.818. The van der Waals surface area contributed by atoms with Crippen LogP contribution in [-0.4, -0.2) is 55.5 Å². The summed E-state index contributed by atoms with van der Waals surface area (Å²) in [7, 11) is -3.83. The first kappa shape index (κ1) is 18.8. The molecule has 0 fully saturated rings. The highest BCUT2D eigenvalue weighted by molar-refractivity contribution is 7.86. The number of carbonyl (C=O) groups is 2. The Bertz CT molecular complexity index is 444. The third-order valence-electron chi connectivity index (χ3n) is 2.53. The smallest absolute Gasteiger partial charge is 0.333 e. The lowest BCUT2D eigenvalue weighted by molar-refractivity contribution is -0.154.